The molecule has 3 aromatic carbocycles. The zero-order chi connectivity index (χ0) is 56.0. The number of benzene rings is 3. The Morgan fingerprint density at radius 1 is 0.840 bits per heavy atom. The maximum Gasteiger partial charge on any atom is 0.410 e. The second-order valence-electron chi connectivity index (χ2n) is 25.5. The number of piperidine rings is 3. The number of likely N-dealkylation sites (tertiary alicyclic amines) is 2. The average molecular weight is 1110 g/mol. The normalized spacial score (nSPS) is 23.8. The van der Waals surface area contributed by atoms with Crippen LogP contribution in [0.4, 0.5) is 20.7 Å². The number of piperazine rings is 1. The minimum Gasteiger partial charge on any atom is -0.468 e. The predicted octanol–water partition coefficient (Wildman–Crippen LogP) is 8.10. The van der Waals surface area contributed by atoms with Crippen molar-refractivity contribution in [1.82, 2.24) is 39.9 Å². The van der Waals surface area contributed by atoms with Crippen LogP contribution in [0.2, 0.25) is 0 Å². The summed E-state index contributed by atoms with van der Waals surface area (Å²) >= 11 is 0. The molecule has 13 rings (SSSR count). The molecule has 2 bridgehead atoms. The molecule has 1 spiro atoms. The van der Waals surface area contributed by atoms with Gasteiger partial charge in [0.25, 0.3) is 5.91 Å². The van der Waals surface area contributed by atoms with Gasteiger partial charge in [0, 0.05) is 100 Å². The lowest BCUT2D eigenvalue weighted by Gasteiger charge is -2.52. The van der Waals surface area contributed by atoms with Crippen LogP contribution in [-0.4, -0.2) is 168 Å². The molecule has 7 aliphatic heterocycles. The van der Waals surface area contributed by atoms with Crippen LogP contribution in [0.15, 0.2) is 54.7 Å². The number of fused-ring (bicyclic) bond motifs is 5. The molecule has 3 atom stereocenters. The van der Waals surface area contributed by atoms with E-state index in [2.05, 4.69) is 50.0 Å². The number of aryl methyl sites for hydroxylation is 1. The third kappa shape index (κ3) is 10.3. The van der Waals surface area contributed by atoms with Gasteiger partial charge < -0.3 is 33.6 Å². The first-order valence-corrected chi connectivity index (χ1v) is 29.5. The molecule has 1 aliphatic carbocycles. The maximum atomic E-state index is 17.7. The van der Waals surface area contributed by atoms with Crippen molar-refractivity contribution in [3.8, 4) is 23.0 Å². The number of aromatic nitrogens is 3. The zero-order valence-corrected chi connectivity index (χ0v) is 47.4. The fourth-order valence-electron chi connectivity index (χ4n) is 14.4. The Labute approximate surface area is 472 Å². The van der Waals surface area contributed by atoms with Crippen molar-refractivity contribution in [2.45, 2.75) is 135 Å². The van der Waals surface area contributed by atoms with Gasteiger partial charge in [-0.05, 0) is 156 Å². The molecule has 1 N–H and O–H groups in total. The number of carbonyl (C=O) groups excluding carboxylic acids is 4. The summed E-state index contributed by atoms with van der Waals surface area (Å²) in [6, 6.07) is 15.8. The lowest BCUT2D eigenvalue weighted by Crippen LogP contribution is -2.62. The van der Waals surface area contributed by atoms with Gasteiger partial charge >= 0.3 is 12.1 Å². The Morgan fingerprint density at radius 3 is 2.30 bits per heavy atom. The van der Waals surface area contributed by atoms with Gasteiger partial charge in [-0.3, -0.25) is 39.4 Å². The van der Waals surface area contributed by atoms with E-state index in [0.717, 1.165) is 118 Å². The van der Waals surface area contributed by atoms with Crippen molar-refractivity contribution in [1.29, 1.82) is 0 Å². The van der Waals surface area contributed by atoms with Crippen molar-refractivity contribution >= 4 is 57.0 Å². The second-order valence-corrected chi connectivity index (χ2v) is 25.5. The molecule has 81 heavy (non-hydrogen) atoms. The number of rotatable bonds is 14. The zero-order valence-electron chi connectivity index (χ0n) is 47.4. The van der Waals surface area contributed by atoms with Gasteiger partial charge in [0.15, 0.2) is 12.6 Å². The molecular formula is C62H75FN10O8. The number of imide groups is 1. The van der Waals surface area contributed by atoms with Gasteiger partial charge in [-0.2, -0.15) is 9.97 Å². The third-order valence-electron chi connectivity index (χ3n) is 19.1. The van der Waals surface area contributed by atoms with Crippen LogP contribution in [0.3, 0.4) is 0 Å². The number of hydrogen-bond donors (Lipinski definition) is 1. The number of nitrogens with one attached hydrogen (secondary N) is 1. The van der Waals surface area contributed by atoms with Crippen LogP contribution >= 0.6 is 0 Å². The number of nitrogens with zero attached hydrogens (tertiary/aromatic N) is 9. The minimum atomic E-state index is -0.620. The summed E-state index contributed by atoms with van der Waals surface area (Å²) < 4.78 is 41.4. The van der Waals surface area contributed by atoms with E-state index in [0.29, 0.717) is 72.2 Å². The molecular weight excluding hydrogens is 1030 g/mol. The summed E-state index contributed by atoms with van der Waals surface area (Å²) in [4.78, 5) is 79.5. The van der Waals surface area contributed by atoms with E-state index in [1.54, 1.807) is 18.2 Å². The Bertz CT molecular complexity index is 3290. The van der Waals surface area contributed by atoms with Crippen LogP contribution in [0.1, 0.15) is 113 Å². The highest BCUT2D eigenvalue weighted by Crippen LogP contribution is 2.49. The summed E-state index contributed by atoms with van der Waals surface area (Å²) in [5.74, 6) is -0.270. The van der Waals surface area contributed by atoms with Crippen molar-refractivity contribution in [3.05, 3.63) is 77.2 Å². The molecule has 18 nitrogen and oxygen atoms in total. The fourth-order valence-corrected chi connectivity index (χ4v) is 14.4. The van der Waals surface area contributed by atoms with Gasteiger partial charge in [-0.25, -0.2) is 9.18 Å². The van der Waals surface area contributed by atoms with Crippen LogP contribution in [0.25, 0.3) is 32.9 Å². The highest BCUT2D eigenvalue weighted by molar-refractivity contribution is 6.06. The van der Waals surface area contributed by atoms with Crippen molar-refractivity contribution in [3.63, 3.8) is 0 Å². The summed E-state index contributed by atoms with van der Waals surface area (Å²) in [6.45, 7) is 16.8. The first-order valence-electron chi connectivity index (χ1n) is 29.5. The predicted molar refractivity (Wildman–Crippen MR) is 304 cm³/mol. The molecule has 2 aromatic heterocycles. The Kier molecular flexibility index (Phi) is 13.9. The lowest BCUT2D eigenvalue weighted by atomic mass is 9.71. The van der Waals surface area contributed by atoms with Crippen molar-refractivity contribution in [2.75, 3.05) is 89.2 Å². The van der Waals surface area contributed by atoms with Crippen LogP contribution in [0.5, 0.6) is 11.8 Å². The summed E-state index contributed by atoms with van der Waals surface area (Å²) in [5, 5.41) is 4.70. The van der Waals surface area contributed by atoms with E-state index in [9.17, 15) is 19.2 Å². The quantitative estimate of drug-likeness (QED) is 0.0834. The highest BCUT2D eigenvalue weighted by Gasteiger charge is 2.50. The molecule has 3 unspecified atom stereocenters. The number of anilines is 2. The molecule has 7 fully saturated rings. The first kappa shape index (κ1) is 53.6. The number of halogens is 1. The minimum absolute atomic E-state index is 0.0388. The summed E-state index contributed by atoms with van der Waals surface area (Å²) in [5.41, 5.74) is 4.39. The molecule has 6 saturated heterocycles. The number of hydrogen-bond acceptors (Lipinski definition) is 15. The summed E-state index contributed by atoms with van der Waals surface area (Å²) in [7, 11) is 1.57. The highest BCUT2D eigenvalue weighted by atomic mass is 19.1. The van der Waals surface area contributed by atoms with E-state index in [1.807, 2.05) is 56.0 Å². The molecule has 428 valence electrons. The number of amides is 4. The second kappa shape index (κ2) is 20.9. The van der Waals surface area contributed by atoms with Gasteiger partial charge in [0.1, 0.15) is 34.4 Å². The molecule has 4 amide bonds. The standard InChI is InChI=1S/C62H75FN10O8/c1-6-38-8-7-9-39-27-45(80-37-78-5)28-47(51(38)39)53-52(63)54-48(29-64-53)55(71-33-42-10-11-43(34-71)73(42)59(77)81-60(2,3)4)67-58(66-54)79-36-62(16-17-62)35-68-31-44(32-68)70-24-20-61(21-25-70)18-22-69(23-19-61)41-12-13-46-40(26-41)30-72(57(46)76)49-14-15-50(74)65-56(49)75/h7-9,12-13,26-29,42-44,49H,6,10-11,14-25,30-37H2,1-5H3,(H,65,74,75). The smallest absolute Gasteiger partial charge is 0.410 e. The number of pyridine rings is 1. The van der Waals surface area contributed by atoms with Crippen molar-refractivity contribution in [2.24, 2.45) is 10.8 Å². The van der Waals surface area contributed by atoms with Crippen LogP contribution in [0, 0.1) is 16.6 Å². The maximum absolute atomic E-state index is 17.7. The van der Waals surface area contributed by atoms with E-state index >= 15 is 4.39 Å². The molecule has 0 radical (unpaired) electrons. The van der Waals surface area contributed by atoms with Gasteiger partial charge in [-0.15, -0.1) is 0 Å². The lowest BCUT2D eigenvalue weighted by molar-refractivity contribution is -0.136. The molecule has 8 aliphatic rings. The molecule has 9 heterocycles. The third-order valence-corrected chi connectivity index (χ3v) is 19.1. The van der Waals surface area contributed by atoms with E-state index in [4.69, 9.17) is 33.9 Å². The van der Waals surface area contributed by atoms with Crippen LogP contribution in [-0.2, 0) is 32.0 Å². The number of ether oxygens (including phenoxy) is 4. The molecule has 1 saturated carbocycles. The van der Waals surface area contributed by atoms with Crippen molar-refractivity contribution < 1.29 is 42.5 Å². The summed E-state index contributed by atoms with van der Waals surface area (Å²) in [6.07, 6.45) is 11.2. The topological polar surface area (TPSA) is 175 Å². The largest absolute Gasteiger partial charge is 0.468 e. The van der Waals surface area contributed by atoms with Gasteiger partial charge in [0.05, 0.1) is 24.1 Å². The average Bonchev–Trinajstić information content (AvgIpc) is 4.28. The van der Waals surface area contributed by atoms with E-state index in [-0.39, 0.29) is 71.7 Å². The fraction of sp³-hybridized carbons (Fsp3) is 0.565. The molecule has 19 heteroatoms. The van der Waals surface area contributed by atoms with E-state index < -0.39 is 17.5 Å². The first-order chi connectivity index (χ1) is 39.1. The van der Waals surface area contributed by atoms with Crippen LogP contribution < -0.4 is 24.6 Å². The number of carbonyl (C=O) groups is 4. The van der Waals surface area contributed by atoms with Gasteiger partial charge in [-0.1, -0.05) is 25.1 Å². The Morgan fingerprint density at radius 2 is 1.59 bits per heavy atom. The van der Waals surface area contributed by atoms with Gasteiger partial charge in [0.2, 0.25) is 11.8 Å². The number of methoxy groups -OCH3 is 1. The van der Waals surface area contributed by atoms with E-state index in [1.165, 1.54) is 12.8 Å². The molecule has 5 aromatic rings. The SMILES string of the molecule is CCc1cccc2cc(OCOC)cc(-c3ncc4c(N5CC6CCC(C5)N6C(=O)OC(C)(C)C)nc(OCC5(CN6CC(N7CCC8(CCN(c9ccc%10c(c9)CN(C9CCC(=O)NC9=O)C%10=O)CC8)CC7)C6)CC5)nc4c3F)c12. The Balaban J connectivity index is 0.666. The Hall–Kier alpha value is -6.70. The monoisotopic (exact) mass is 1110 g/mol.